The van der Waals surface area contributed by atoms with Crippen molar-refractivity contribution in [2.24, 2.45) is 0 Å². The molecule has 0 spiro atoms. The normalized spacial score (nSPS) is 16.4. The lowest BCUT2D eigenvalue weighted by molar-refractivity contribution is 0.103. The molecule has 0 unspecified atom stereocenters. The lowest BCUT2D eigenvalue weighted by Gasteiger charge is -2.08. The molecule has 3 heteroatoms. The van der Waals surface area contributed by atoms with Crippen LogP contribution < -0.4 is 9.47 Å². The predicted molar refractivity (Wildman–Crippen MR) is 61.3 cm³/mol. The molecule has 0 saturated carbocycles. The molecular weight excluding hydrogens is 204 g/mol. The largest absolute Gasteiger partial charge is 0.493 e. The number of ether oxygens (including phenoxy) is 2. The summed E-state index contributed by atoms with van der Waals surface area (Å²) in [6.07, 6.45) is 2.55. The molecule has 0 heterocycles. The summed E-state index contributed by atoms with van der Waals surface area (Å²) >= 11 is 0. The highest BCUT2D eigenvalue weighted by Gasteiger charge is 2.26. The van der Waals surface area contributed by atoms with Crippen molar-refractivity contribution in [2.45, 2.75) is 13.3 Å². The van der Waals surface area contributed by atoms with E-state index < -0.39 is 0 Å². The number of ketones is 1. The first-order valence-electron chi connectivity index (χ1n) is 5.16. The first-order valence-corrected chi connectivity index (χ1v) is 5.16. The molecule has 0 atom stereocenters. The summed E-state index contributed by atoms with van der Waals surface area (Å²) in [7, 11) is 3.16. The van der Waals surface area contributed by atoms with Gasteiger partial charge in [-0.25, -0.2) is 0 Å². The summed E-state index contributed by atoms with van der Waals surface area (Å²) < 4.78 is 10.4. The maximum absolute atomic E-state index is 11.9. The highest BCUT2D eigenvalue weighted by Crippen LogP contribution is 2.36. The molecule has 1 aromatic carbocycles. The van der Waals surface area contributed by atoms with Gasteiger partial charge in [0.2, 0.25) is 0 Å². The first-order chi connectivity index (χ1) is 7.71. The van der Waals surface area contributed by atoms with E-state index in [-0.39, 0.29) is 5.78 Å². The van der Waals surface area contributed by atoms with Crippen LogP contribution >= 0.6 is 0 Å². The SMILES string of the molecule is CC=C1Cc2cc(OC)c(OC)cc2C1=O. The summed E-state index contributed by atoms with van der Waals surface area (Å²) in [5.41, 5.74) is 2.58. The van der Waals surface area contributed by atoms with Gasteiger partial charge in [0.1, 0.15) is 0 Å². The van der Waals surface area contributed by atoms with Crippen LogP contribution in [0.4, 0.5) is 0 Å². The Balaban J connectivity index is 2.55. The molecule has 1 aromatic rings. The molecule has 1 aliphatic carbocycles. The van der Waals surface area contributed by atoms with E-state index in [1.807, 2.05) is 19.1 Å². The Labute approximate surface area is 94.7 Å². The second-order valence-corrected chi connectivity index (χ2v) is 3.68. The molecule has 0 radical (unpaired) electrons. The van der Waals surface area contributed by atoms with Crippen LogP contribution in [0.5, 0.6) is 11.5 Å². The second kappa shape index (κ2) is 4.00. The number of allylic oxidation sites excluding steroid dienone is 2. The average molecular weight is 218 g/mol. The lowest BCUT2D eigenvalue weighted by Crippen LogP contribution is -1.97. The van der Waals surface area contributed by atoms with Gasteiger partial charge in [-0.15, -0.1) is 0 Å². The van der Waals surface area contributed by atoms with Crippen LogP contribution in [0.15, 0.2) is 23.8 Å². The van der Waals surface area contributed by atoms with Crippen molar-refractivity contribution in [1.29, 1.82) is 0 Å². The van der Waals surface area contributed by atoms with Gasteiger partial charge in [0.15, 0.2) is 17.3 Å². The van der Waals surface area contributed by atoms with Gasteiger partial charge in [-0.1, -0.05) is 6.08 Å². The van der Waals surface area contributed by atoms with Crippen molar-refractivity contribution < 1.29 is 14.3 Å². The first kappa shape index (κ1) is 10.7. The Morgan fingerprint density at radius 1 is 1.19 bits per heavy atom. The van der Waals surface area contributed by atoms with Crippen LogP contribution in [0.1, 0.15) is 22.8 Å². The number of methoxy groups -OCH3 is 2. The number of carbonyl (C=O) groups is 1. The smallest absolute Gasteiger partial charge is 0.189 e. The van der Waals surface area contributed by atoms with Gasteiger partial charge >= 0.3 is 0 Å². The van der Waals surface area contributed by atoms with Crippen molar-refractivity contribution in [3.8, 4) is 11.5 Å². The van der Waals surface area contributed by atoms with Gasteiger partial charge in [-0.05, 0) is 24.6 Å². The van der Waals surface area contributed by atoms with E-state index in [9.17, 15) is 4.79 Å². The fourth-order valence-corrected chi connectivity index (χ4v) is 1.97. The number of rotatable bonds is 2. The molecule has 84 valence electrons. The van der Waals surface area contributed by atoms with E-state index in [1.54, 1.807) is 20.3 Å². The van der Waals surface area contributed by atoms with Gasteiger partial charge in [0, 0.05) is 17.6 Å². The molecule has 0 aromatic heterocycles. The third kappa shape index (κ3) is 1.48. The number of benzene rings is 1. The molecule has 0 fully saturated rings. The lowest BCUT2D eigenvalue weighted by atomic mass is 10.1. The summed E-state index contributed by atoms with van der Waals surface area (Å²) in [5.74, 6) is 1.37. The van der Waals surface area contributed by atoms with Crippen LogP contribution in [-0.2, 0) is 6.42 Å². The van der Waals surface area contributed by atoms with Gasteiger partial charge in [-0.2, -0.15) is 0 Å². The van der Waals surface area contributed by atoms with Gasteiger partial charge in [0.05, 0.1) is 14.2 Å². The molecule has 0 bridgehead atoms. The Bertz CT molecular complexity index is 472. The topological polar surface area (TPSA) is 35.5 Å². The third-order valence-corrected chi connectivity index (χ3v) is 2.88. The van der Waals surface area contributed by atoms with Crippen molar-refractivity contribution in [1.82, 2.24) is 0 Å². The molecule has 2 rings (SSSR count). The van der Waals surface area contributed by atoms with E-state index >= 15 is 0 Å². The van der Waals surface area contributed by atoms with E-state index in [1.165, 1.54) is 0 Å². The van der Waals surface area contributed by atoms with Gasteiger partial charge in [0.25, 0.3) is 0 Å². The average Bonchev–Trinajstić information content (AvgIpc) is 2.63. The summed E-state index contributed by atoms with van der Waals surface area (Å²) in [4.78, 5) is 11.9. The van der Waals surface area contributed by atoms with Crippen LogP contribution in [-0.4, -0.2) is 20.0 Å². The molecule has 3 nitrogen and oxygen atoms in total. The second-order valence-electron chi connectivity index (χ2n) is 3.68. The standard InChI is InChI=1S/C13H14O3/c1-4-8-5-9-6-11(15-2)12(16-3)7-10(9)13(8)14/h4,6-7H,5H2,1-3H3. The van der Waals surface area contributed by atoms with Gasteiger partial charge in [-0.3, -0.25) is 4.79 Å². The van der Waals surface area contributed by atoms with E-state index in [0.717, 1.165) is 16.7 Å². The monoisotopic (exact) mass is 218 g/mol. The molecule has 16 heavy (non-hydrogen) atoms. The number of hydrogen-bond acceptors (Lipinski definition) is 3. The zero-order valence-corrected chi connectivity index (χ0v) is 9.66. The maximum Gasteiger partial charge on any atom is 0.189 e. The van der Waals surface area contributed by atoms with E-state index in [0.29, 0.717) is 17.9 Å². The molecular formula is C13H14O3. The predicted octanol–water partition coefficient (Wildman–Crippen LogP) is 2.39. The fraction of sp³-hybridized carbons (Fsp3) is 0.308. The van der Waals surface area contributed by atoms with Crippen LogP contribution in [0.2, 0.25) is 0 Å². The highest BCUT2D eigenvalue weighted by atomic mass is 16.5. The Morgan fingerprint density at radius 2 is 1.81 bits per heavy atom. The Hall–Kier alpha value is -1.77. The molecule has 0 amide bonds. The van der Waals surface area contributed by atoms with Crippen LogP contribution in [0, 0.1) is 0 Å². The van der Waals surface area contributed by atoms with Crippen molar-refractivity contribution >= 4 is 5.78 Å². The van der Waals surface area contributed by atoms with Crippen LogP contribution in [0.3, 0.4) is 0 Å². The zero-order valence-electron chi connectivity index (χ0n) is 9.66. The fourth-order valence-electron chi connectivity index (χ4n) is 1.97. The van der Waals surface area contributed by atoms with Crippen molar-refractivity contribution in [2.75, 3.05) is 14.2 Å². The molecule has 0 saturated heterocycles. The zero-order chi connectivity index (χ0) is 11.7. The summed E-state index contributed by atoms with van der Waals surface area (Å²) in [6.45, 7) is 1.88. The minimum atomic E-state index is 0.0958. The third-order valence-electron chi connectivity index (χ3n) is 2.88. The highest BCUT2D eigenvalue weighted by molar-refractivity contribution is 6.13. The maximum atomic E-state index is 11.9. The summed E-state index contributed by atoms with van der Waals surface area (Å²) in [5, 5.41) is 0. The molecule has 0 N–H and O–H groups in total. The Kier molecular flexibility index (Phi) is 2.69. The molecule has 0 aliphatic heterocycles. The molecule has 1 aliphatic rings. The van der Waals surface area contributed by atoms with Crippen molar-refractivity contribution in [3.63, 3.8) is 0 Å². The van der Waals surface area contributed by atoms with E-state index in [4.69, 9.17) is 9.47 Å². The van der Waals surface area contributed by atoms with Crippen molar-refractivity contribution in [3.05, 3.63) is 34.9 Å². The number of carbonyl (C=O) groups excluding carboxylic acids is 1. The number of fused-ring (bicyclic) bond motifs is 1. The minimum absolute atomic E-state index is 0.0958. The number of Topliss-reactive ketones (excluding diaryl/α,β-unsaturated/α-hetero) is 1. The number of hydrogen-bond donors (Lipinski definition) is 0. The summed E-state index contributed by atoms with van der Waals surface area (Å²) in [6, 6.07) is 3.63. The van der Waals surface area contributed by atoms with Crippen LogP contribution in [0.25, 0.3) is 0 Å². The van der Waals surface area contributed by atoms with Gasteiger partial charge < -0.3 is 9.47 Å². The van der Waals surface area contributed by atoms with E-state index in [2.05, 4.69) is 0 Å². The quantitative estimate of drug-likeness (QED) is 0.715. The Morgan fingerprint density at radius 3 is 2.38 bits per heavy atom. The minimum Gasteiger partial charge on any atom is -0.493 e.